The molecular formula is C18H23FO3. The third-order valence-electron chi connectivity index (χ3n) is 6.01. The Labute approximate surface area is 130 Å². The largest absolute Gasteiger partial charge is 0.508 e. The van der Waals surface area contributed by atoms with Crippen LogP contribution in [-0.2, 0) is 11.2 Å². The molecule has 22 heavy (non-hydrogen) atoms. The summed E-state index contributed by atoms with van der Waals surface area (Å²) in [4.78, 5) is 11.8. The van der Waals surface area contributed by atoms with E-state index in [4.69, 9.17) is 0 Å². The van der Waals surface area contributed by atoms with Crippen LogP contribution in [0, 0.1) is 17.3 Å². The normalized spacial score (nSPS) is 33.8. The summed E-state index contributed by atoms with van der Waals surface area (Å²) in [6.45, 7) is 1.33. The van der Waals surface area contributed by atoms with Crippen LogP contribution in [0.4, 0.5) is 4.39 Å². The van der Waals surface area contributed by atoms with Crippen LogP contribution in [0.15, 0.2) is 18.2 Å². The van der Waals surface area contributed by atoms with Gasteiger partial charge in [0.1, 0.15) is 5.75 Å². The highest BCUT2D eigenvalue weighted by molar-refractivity contribution is 5.75. The van der Waals surface area contributed by atoms with Crippen LogP contribution in [0.3, 0.4) is 0 Å². The minimum atomic E-state index is -0.818. The van der Waals surface area contributed by atoms with E-state index in [2.05, 4.69) is 0 Å². The molecule has 1 aromatic carbocycles. The van der Waals surface area contributed by atoms with Gasteiger partial charge in [0, 0.05) is 0 Å². The molecule has 4 atom stereocenters. The molecule has 3 nitrogen and oxygen atoms in total. The quantitative estimate of drug-likeness (QED) is 0.890. The number of rotatable bonds is 3. The second-order valence-electron chi connectivity index (χ2n) is 7.04. The smallest absolute Gasteiger partial charge is 0.309 e. The van der Waals surface area contributed by atoms with Crippen molar-refractivity contribution >= 4 is 5.97 Å². The first kappa shape index (κ1) is 15.3. The summed E-state index contributed by atoms with van der Waals surface area (Å²) in [5.41, 5.74) is 1.58. The minimum absolute atomic E-state index is 0.115. The number of fused-ring (bicyclic) bond motifs is 3. The standard InChI is InChI=1S/C18H23FO3/c1-18(17(21)22)8-6-14-13-5-3-12(20)10-11(13)2-4-15(14)16(18)7-9-19/h3,5,10,14-16,20H,2,4,6-9H2,1H3,(H,21,22)/t14?,15?,16-,18-/m0/s1. The number of halogens is 1. The molecule has 2 aliphatic carbocycles. The van der Waals surface area contributed by atoms with E-state index in [0.29, 0.717) is 18.8 Å². The molecule has 3 rings (SSSR count). The molecule has 1 fully saturated rings. The van der Waals surface area contributed by atoms with Crippen LogP contribution in [0.1, 0.15) is 49.7 Å². The van der Waals surface area contributed by atoms with E-state index < -0.39 is 18.1 Å². The first-order valence-electron chi connectivity index (χ1n) is 8.08. The number of phenolic OH excluding ortho intramolecular Hbond substituents is 1. The molecule has 0 bridgehead atoms. The summed E-state index contributed by atoms with van der Waals surface area (Å²) in [7, 11) is 0. The van der Waals surface area contributed by atoms with Crippen molar-refractivity contribution in [2.24, 2.45) is 17.3 Å². The van der Waals surface area contributed by atoms with E-state index in [1.165, 1.54) is 11.1 Å². The molecule has 0 heterocycles. The molecule has 2 unspecified atom stereocenters. The molecule has 0 aliphatic heterocycles. The molecule has 0 aromatic heterocycles. The number of aryl methyl sites for hydroxylation is 1. The first-order chi connectivity index (χ1) is 10.5. The van der Waals surface area contributed by atoms with Gasteiger partial charge in [-0.05, 0) is 80.0 Å². The number of aliphatic carboxylic acids is 1. The number of carboxylic acids is 1. The maximum Gasteiger partial charge on any atom is 0.309 e. The van der Waals surface area contributed by atoms with Crippen molar-refractivity contribution in [1.29, 1.82) is 0 Å². The monoisotopic (exact) mass is 306 g/mol. The van der Waals surface area contributed by atoms with Gasteiger partial charge in [-0.1, -0.05) is 6.07 Å². The van der Waals surface area contributed by atoms with E-state index in [1.807, 2.05) is 12.1 Å². The molecule has 0 spiro atoms. The van der Waals surface area contributed by atoms with Crippen LogP contribution < -0.4 is 0 Å². The Morgan fingerprint density at radius 1 is 1.41 bits per heavy atom. The average molecular weight is 306 g/mol. The zero-order chi connectivity index (χ0) is 15.9. The van der Waals surface area contributed by atoms with Crippen LogP contribution in [0.5, 0.6) is 5.75 Å². The van der Waals surface area contributed by atoms with Crippen LogP contribution in [0.25, 0.3) is 0 Å². The van der Waals surface area contributed by atoms with Gasteiger partial charge in [0.15, 0.2) is 0 Å². The Kier molecular flexibility index (Phi) is 3.87. The summed E-state index contributed by atoms with van der Waals surface area (Å²) >= 11 is 0. The van der Waals surface area contributed by atoms with Gasteiger partial charge in [-0.15, -0.1) is 0 Å². The number of hydrogen-bond donors (Lipinski definition) is 2. The van der Waals surface area contributed by atoms with Crippen molar-refractivity contribution in [1.82, 2.24) is 0 Å². The average Bonchev–Trinajstić information content (AvgIpc) is 2.49. The van der Waals surface area contributed by atoms with Crippen molar-refractivity contribution in [3.8, 4) is 5.75 Å². The topological polar surface area (TPSA) is 57.5 Å². The summed E-state index contributed by atoms with van der Waals surface area (Å²) in [5.74, 6) is -0.101. The fraction of sp³-hybridized carbons (Fsp3) is 0.611. The van der Waals surface area contributed by atoms with E-state index in [1.54, 1.807) is 13.0 Å². The highest BCUT2D eigenvalue weighted by Crippen LogP contribution is 2.56. The summed E-state index contributed by atoms with van der Waals surface area (Å²) in [5, 5.41) is 19.3. The van der Waals surface area contributed by atoms with Gasteiger partial charge >= 0.3 is 5.97 Å². The number of carbonyl (C=O) groups is 1. The highest BCUT2D eigenvalue weighted by Gasteiger charge is 2.51. The summed E-state index contributed by atoms with van der Waals surface area (Å²) in [6.07, 6.45) is 3.47. The minimum Gasteiger partial charge on any atom is -0.508 e. The van der Waals surface area contributed by atoms with Gasteiger partial charge in [0.05, 0.1) is 12.1 Å². The van der Waals surface area contributed by atoms with Gasteiger partial charge in [-0.25, -0.2) is 0 Å². The Morgan fingerprint density at radius 3 is 2.86 bits per heavy atom. The molecule has 0 radical (unpaired) electrons. The molecule has 0 saturated heterocycles. The van der Waals surface area contributed by atoms with E-state index in [-0.39, 0.29) is 17.6 Å². The molecule has 120 valence electrons. The van der Waals surface area contributed by atoms with Crippen molar-refractivity contribution < 1.29 is 19.4 Å². The van der Waals surface area contributed by atoms with Gasteiger partial charge in [-0.3, -0.25) is 9.18 Å². The molecule has 2 N–H and O–H groups in total. The van der Waals surface area contributed by atoms with Crippen LogP contribution >= 0.6 is 0 Å². The van der Waals surface area contributed by atoms with Crippen molar-refractivity contribution in [2.45, 2.75) is 44.9 Å². The molecule has 2 aliphatic rings. The number of carboxylic acid groups (broad SMARTS) is 1. The third kappa shape index (κ3) is 2.29. The number of alkyl halides is 1. The van der Waals surface area contributed by atoms with Crippen molar-refractivity contribution in [3.05, 3.63) is 29.3 Å². The second-order valence-corrected chi connectivity index (χ2v) is 7.04. The lowest BCUT2D eigenvalue weighted by Gasteiger charge is -2.50. The van der Waals surface area contributed by atoms with Gasteiger partial charge in [0.25, 0.3) is 0 Å². The highest BCUT2D eigenvalue weighted by atomic mass is 19.1. The lowest BCUT2D eigenvalue weighted by molar-refractivity contribution is -0.157. The van der Waals surface area contributed by atoms with Crippen molar-refractivity contribution in [3.63, 3.8) is 0 Å². The molecule has 1 aromatic rings. The van der Waals surface area contributed by atoms with Crippen LogP contribution in [0.2, 0.25) is 0 Å². The van der Waals surface area contributed by atoms with Crippen LogP contribution in [-0.4, -0.2) is 22.9 Å². The number of hydrogen-bond acceptors (Lipinski definition) is 2. The summed E-state index contributed by atoms with van der Waals surface area (Å²) < 4.78 is 13.1. The summed E-state index contributed by atoms with van der Waals surface area (Å²) in [6, 6.07) is 5.49. The van der Waals surface area contributed by atoms with Crippen molar-refractivity contribution in [2.75, 3.05) is 6.67 Å². The lowest BCUT2D eigenvalue weighted by atomic mass is 9.54. The predicted octanol–water partition coefficient (Wildman–Crippen LogP) is 3.90. The maximum atomic E-state index is 13.1. The predicted molar refractivity (Wildman–Crippen MR) is 81.7 cm³/mol. The Balaban J connectivity index is 1.97. The Bertz CT molecular complexity index is 586. The fourth-order valence-electron chi connectivity index (χ4n) is 4.80. The van der Waals surface area contributed by atoms with E-state index >= 15 is 0 Å². The van der Waals surface area contributed by atoms with Gasteiger partial charge < -0.3 is 10.2 Å². The zero-order valence-corrected chi connectivity index (χ0v) is 12.9. The Morgan fingerprint density at radius 2 is 2.18 bits per heavy atom. The van der Waals surface area contributed by atoms with E-state index in [0.717, 1.165) is 19.3 Å². The zero-order valence-electron chi connectivity index (χ0n) is 12.9. The third-order valence-corrected chi connectivity index (χ3v) is 6.01. The van der Waals surface area contributed by atoms with E-state index in [9.17, 15) is 19.4 Å². The SMILES string of the molecule is C[C@]1(C(=O)O)CCC2c3ccc(O)cc3CCC2[C@@H]1CCF. The molecule has 4 heteroatoms. The van der Waals surface area contributed by atoms with Gasteiger partial charge in [0.2, 0.25) is 0 Å². The Hall–Kier alpha value is -1.58. The molecular weight excluding hydrogens is 283 g/mol. The maximum absolute atomic E-state index is 13.1. The first-order valence-corrected chi connectivity index (χ1v) is 8.08. The molecule has 1 saturated carbocycles. The fourth-order valence-corrected chi connectivity index (χ4v) is 4.80. The molecule has 0 amide bonds. The number of phenols is 1. The lowest BCUT2D eigenvalue weighted by Crippen LogP contribution is -2.47. The number of benzene rings is 1. The second kappa shape index (κ2) is 5.56. The number of aromatic hydroxyl groups is 1. The van der Waals surface area contributed by atoms with Gasteiger partial charge in [-0.2, -0.15) is 0 Å².